The van der Waals surface area contributed by atoms with E-state index in [1.54, 1.807) is 19.2 Å². The molecule has 3 heterocycles. The predicted molar refractivity (Wildman–Crippen MR) is 97.7 cm³/mol. The van der Waals surface area contributed by atoms with Gasteiger partial charge in [-0.2, -0.15) is 0 Å². The molecule has 26 heavy (non-hydrogen) atoms. The Labute approximate surface area is 153 Å². The molecule has 1 unspecified atom stereocenters. The molecular formula is C17H18FN5O2S. The highest BCUT2D eigenvalue weighted by atomic mass is 32.1. The van der Waals surface area contributed by atoms with Crippen LogP contribution in [0.1, 0.15) is 35.9 Å². The third-order valence-corrected chi connectivity index (χ3v) is 4.56. The van der Waals surface area contributed by atoms with Crippen molar-refractivity contribution in [3.63, 3.8) is 0 Å². The summed E-state index contributed by atoms with van der Waals surface area (Å²) in [4.78, 5) is 25.0. The van der Waals surface area contributed by atoms with E-state index in [2.05, 4.69) is 25.6 Å². The van der Waals surface area contributed by atoms with Crippen LogP contribution < -0.4 is 10.6 Å². The van der Waals surface area contributed by atoms with Crippen molar-refractivity contribution in [1.29, 1.82) is 0 Å². The van der Waals surface area contributed by atoms with Crippen molar-refractivity contribution in [1.82, 2.24) is 20.3 Å². The van der Waals surface area contributed by atoms with E-state index < -0.39 is 11.9 Å². The van der Waals surface area contributed by atoms with Gasteiger partial charge in [0.05, 0.1) is 28.6 Å². The van der Waals surface area contributed by atoms with Crippen LogP contribution in [-0.4, -0.2) is 38.6 Å². The number of anilines is 1. The first kappa shape index (κ1) is 18.2. The molecule has 0 spiro atoms. The molecular weight excluding hydrogens is 357 g/mol. The second-order valence-electron chi connectivity index (χ2n) is 5.89. The van der Waals surface area contributed by atoms with E-state index in [-0.39, 0.29) is 30.1 Å². The Morgan fingerprint density at radius 3 is 2.88 bits per heavy atom. The highest BCUT2D eigenvalue weighted by Crippen LogP contribution is 2.25. The van der Waals surface area contributed by atoms with Gasteiger partial charge >= 0.3 is 0 Å². The molecule has 2 atom stereocenters. The molecule has 3 aromatic rings. The summed E-state index contributed by atoms with van der Waals surface area (Å²) in [7, 11) is 0. The predicted octanol–water partition coefficient (Wildman–Crippen LogP) is 2.51. The average Bonchev–Trinajstić information content (AvgIpc) is 3.07. The van der Waals surface area contributed by atoms with Gasteiger partial charge in [0.15, 0.2) is 5.69 Å². The van der Waals surface area contributed by atoms with Gasteiger partial charge in [-0.25, -0.2) is 14.4 Å². The lowest BCUT2D eigenvalue weighted by molar-refractivity contribution is 0.0921. The highest BCUT2D eigenvalue weighted by Gasteiger charge is 2.18. The van der Waals surface area contributed by atoms with Gasteiger partial charge in [0, 0.05) is 12.7 Å². The molecule has 7 nitrogen and oxygen atoms in total. The Kier molecular flexibility index (Phi) is 5.38. The van der Waals surface area contributed by atoms with Gasteiger partial charge in [0.1, 0.15) is 5.82 Å². The number of nitrogens with zero attached hydrogens (tertiary/aromatic N) is 3. The van der Waals surface area contributed by atoms with Crippen LogP contribution in [0.3, 0.4) is 0 Å². The Bertz CT molecular complexity index is 930. The van der Waals surface area contributed by atoms with Crippen LogP contribution in [0.25, 0.3) is 10.2 Å². The van der Waals surface area contributed by atoms with Gasteiger partial charge in [-0.1, -0.05) is 0 Å². The molecule has 0 aliphatic carbocycles. The summed E-state index contributed by atoms with van der Waals surface area (Å²) >= 11 is 1.37. The SMILES string of the molecule is CC(Nc1nc(C(=O)NC[C@@H](C)O)c2sccc2n1)c1cncc(F)c1. The average molecular weight is 375 g/mol. The van der Waals surface area contributed by atoms with E-state index >= 15 is 0 Å². The number of carbonyl (C=O) groups is 1. The van der Waals surface area contributed by atoms with Gasteiger partial charge < -0.3 is 15.7 Å². The molecule has 0 saturated carbocycles. The van der Waals surface area contributed by atoms with Crippen LogP contribution in [-0.2, 0) is 0 Å². The minimum absolute atomic E-state index is 0.129. The lowest BCUT2D eigenvalue weighted by Gasteiger charge is -2.15. The maximum Gasteiger partial charge on any atom is 0.271 e. The van der Waals surface area contributed by atoms with Crippen LogP contribution in [0.15, 0.2) is 29.9 Å². The molecule has 0 aliphatic rings. The van der Waals surface area contributed by atoms with E-state index in [1.165, 1.54) is 17.4 Å². The Morgan fingerprint density at radius 1 is 1.35 bits per heavy atom. The molecule has 3 N–H and O–H groups in total. The number of hydrogen-bond donors (Lipinski definition) is 3. The molecule has 0 saturated heterocycles. The number of rotatable bonds is 6. The Balaban J connectivity index is 1.88. The fourth-order valence-electron chi connectivity index (χ4n) is 2.35. The van der Waals surface area contributed by atoms with Crippen molar-refractivity contribution in [2.45, 2.75) is 26.0 Å². The first-order valence-corrected chi connectivity index (χ1v) is 8.90. The zero-order chi connectivity index (χ0) is 18.7. The number of nitrogens with one attached hydrogen (secondary N) is 2. The van der Waals surface area contributed by atoms with Gasteiger partial charge in [0.2, 0.25) is 5.95 Å². The maximum absolute atomic E-state index is 13.4. The highest BCUT2D eigenvalue weighted by molar-refractivity contribution is 7.17. The number of thiophene rings is 1. The Hall–Kier alpha value is -2.65. The van der Waals surface area contributed by atoms with Crippen LogP contribution in [0.2, 0.25) is 0 Å². The van der Waals surface area contributed by atoms with Crippen molar-refractivity contribution in [2.24, 2.45) is 0 Å². The summed E-state index contributed by atoms with van der Waals surface area (Å²) < 4.78 is 14.0. The second-order valence-corrected chi connectivity index (χ2v) is 6.81. The fourth-order valence-corrected chi connectivity index (χ4v) is 3.17. The number of pyridine rings is 1. The maximum atomic E-state index is 13.4. The van der Waals surface area contributed by atoms with Crippen molar-refractivity contribution in [3.05, 3.63) is 47.0 Å². The standard InChI is InChI=1S/C17H18FN5O2S/c1-9(24)6-20-16(25)14-15-13(3-4-26-15)22-17(23-14)21-10(2)11-5-12(18)8-19-7-11/h3-5,7-10,24H,6H2,1-2H3,(H,20,25)(H,21,22,23)/t9-,10?/m1/s1. The number of aromatic nitrogens is 3. The topological polar surface area (TPSA) is 100 Å². The van der Waals surface area contributed by atoms with Crippen LogP contribution in [0, 0.1) is 5.82 Å². The molecule has 3 rings (SSSR count). The van der Waals surface area contributed by atoms with Crippen LogP contribution >= 0.6 is 11.3 Å². The smallest absolute Gasteiger partial charge is 0.271 e. The van der Waals surface area contributed by atoms with Crippen molar-refractivity contribution in [3.8, 4) is 0 Å². The second kappa shape index (κ2) is 7.71. The summed E-state index contributed by atoms with van der Waals surface area (Å²) in [6.07, 6.45) is 2.03. The number of carbonyl (C=O) groups excluding carboxylic acids is 1. The lowest BCUT2D eigenvalue weighted by Crippen LogP contribution is -2.31. The zero-order valence-corrected chi connectivity index (χ0v) is 15.0. The van der Waals surface area contributed by atoms with E-state index in [4.69, 9.17) is 0 Å². The Morgan fingerprint density at radius 2 is 2.15 bits per heavy atom. The summed E-state index contributed by atoms with van der Waals surface area (Å²) in [6.45, 7) is 3.54. The summed E-state index contributed by atoms with van der Waals surface area (Å²) in [5.41, 5.74) is 1.51. The third kappa shape index (κ3) is 4.12. The lowest BCUT2D eigenvalue weighted by atomic mass is 10.1. The summed E-state index contributed by atoms with van der Waals surface area (Å²) in [5, 5.41) is 16.9. The van der Waals surface area contributed by atoms with E-state index in [9.17, 15) is 14.3 Å². The minimum Gasteiger partial charge on any atom is -0.392 e. The third-order valence-electron chi connectivity index (χ3n) is 3.65. The van der Waals surface area contributed by atoms with Crippen molar-refractivity contribution in [2.75, 3.05) is 11.9 Å². The zero-order valence-electron chi connectivity index (χ0n) is 14.2. The normalized spacial score (nSPS) is 13.4. The summed E-state index contributed by atoms with van der Waals surface area (Å²) in [6, 6.07) is 2.87. The minimum atomic E-state index is -0.655. The number of aliphatic hydroxyl groups excluding tert-OH is 1. The first-order valence-electron chi connectivity index (χ1n) is 8.02. The first-order chi connectivity index (χ1) is 12.4. The number of amides is 1. The van der Waals surface area contributed by atoms with Crippen molar-refractivity contribution < 1.29 is 14.3 Å². The van der Waals surface area contributed by atoms with Gasteiger partial charge in [-0.3, -0.25) is 9.78 Å². The molecule has 0 aromatic carbocycles. The number of aliphatic hydroxyl groups is 1. The number of fused-ring (bicyclic) bond motifs is 1. The molecule has 136 valence electrons. The van der Waals surface area contributed by atoms with E-state index in [1.807, 2.05) is 12.3 Å². The molecule has 1 amide bonds. The van der Waals surface area contributed by atoms with Crippen LogP contribution in [0.5, 0.6) is 0 Å². The van der Waals surface area contributed by atoms with Gasteiger partial charge in [-0.15, -0.1) is 11.3 Å². The number of halogens is 1. The molecule has 0 aliphatic heterocycles. The molecule has 0 bridgehead atoms. The molecule has 0 fully saturated rings. The van der Waals surface area contributed by atoms with Crippen LogP contribution in [0.4, 0.5) is 10.3 Å². The monoisotopic (exact) mass is 375 g/mol. The van der Waals surface area contributed by atoms with Gasteiger partial charge in [-0.05, 0) is 36.9 Å². The molecule has 0 radical (unpaired) electrons. The molecule has 9 heteroatoms. The number of hydrogen-bond acceptors (Lipinski definition) is 7. The summed E-state index contributed by atoms with van der Waals surface area (Å²) in [5.74, 6) is -0.553. The van der Waals surface area contributed by atoms with Crippen molar-refractivity contribution >= 4 is 33.4 Å². The quantitative estimate of drug-likeness (QED) is 0.612. The van der Waals surface area contributed by atoms with E-state index in [0.717, 1.165) is 6.20 Å². The molecule has 3 aromatic heterocycles. The fraction of sp³-hybridized carbons (Fsp3) is 0.294. The van der Waals surface area contributed by atoms with Gasteiger partial charge in [0.25, 0.3) is 5.91 Å². The largest absolute Gasteiger partial charge is 0.392 e. The van der Waals surface area contributed by atoms with E-state index in [0.29, 0.717) is 15.8 Å².